The molecule has 0 saturated heterocycles. The van der Waals surface area contributed by atoms with E-state index in [-0.39, 0.29) is 11.5 Å². The van der Waals surface area contributed by atoms with Crippen LogP contribution < -0.4 is 5.73 Å². The van der Waals surface area contributed by atoms with E-state index in [1.807, 2.05) is 25.1 Å². The van der Waals surface area contributed by atoms with Crippen LogP contribution in [0.5, 0.6) is 0 Å². The number of anilines is 1. The van der Waals surface area contributed by atoms with Crippen molar-refractivity contribution in [3.8, 4) is 5.69 Å². The lowest BCUT2D eigenvalue weighted by Crippen LogP contribution is -2.08. The summed E-state index contributed by atoms with van der Waals surface area (Å²) in [6, 6.07) is 5.70. The number of halogens is 2. The molecule has 0 unspecified atom stereocenters. The highest BCUT2D eigenvalue weighted by molar-refractivity contribution is 9.11. The van der Waals surface area contributed by atoms with E-state index in [9.17, 15) is 4.79 Å². The summed E-state index contributed by atoms with van der Waals surface area (Å²) in [7, 11) is 1.31. The number of para-hydroxylation sites is 1. The van der Waals surface area contributed by atoms with Crippen LogP contribution in [-0.4, -0.2) is 22.6 Å². The van der Waals surface area contributed by atoms with E-state index >= 15 is 0 Å². The average Bonchev–Trinajstić information content (AvgIpc) is 2.75. The molecule has 0 fully saturated rings. The van der Waals surface area contributed by atoms with Crippen LogP contribution >= 0.6 is 31.9 Å². The van der Waals surface area contributed by atoms with E-state index in [0.717, 1.165) is 14.6 Å². The number of methoxy groups -OCH3 is 1. The third-order valence-electron chi connectivity index (χ3n) is 2.84. The minimum absolute atomic E-state index is 0.131. The largest absolute Gasteiger partial charge is 0.464 e. The first-order valence-corrected chi connectivity index (χ1v) is 7.49. The molecule has 0 aliphatic heterocycles. The molecule has 5 nitrogen and oxygen atoms in total. The van der Waals surface area contributed by atoms with Crippen LogP contribution in [0.2, 0.25) is 0 Å². The van der Waals surface area contributed by atoms with E-state index in [1.165, 1.54) is 7.11 Å². The van der Waals surface area contributed by atoms with Crippen molar-refractivity contribution < 1.29 is 9.53 Å². The zero-order chi connectivity index (χ0) is 14.9. The molecular weight excluding hydrogens is 390 g/mol. The SMILES string of the molecule is CCc1nc(C(=O)OC)c(N)n1-c1c(Br)cccc1Br. The maximum absolute atomic E-state index is 11.7. The molecule has 7 heteroatoms. The van der Waals surface area contributed by atoms with Gasteiger partial charge in [0.2, 0.25) is 0 Å². The predicted molar refractivity (Wildman–Crippen MR) is 84.1 cm³/mol. The van der Waals surface area contributed by atoms with E-state index in [1.54, 1.807) is 4.57 Å². The second kappa shape index (κ2) is 5.97. The first-order valence-electron chi connectivity index (χ1n) is 5.91. The molecule has 106 valence electrons. The summed E-state index contributed by atoms with van der Waals surface area (Å²) in [4.78, 5) is 16.0. The van der Waals surface area contributed by atoms with E-state index in [2.05, 4.69) is 36.8 Å². The minimum atomic E-state index is -0.542. The molecule has 1 heterocycles. The van der Waals surface area contributed by atoms with Crippen molar-refractivity contribution in [1.82, 2.24) is 9.55 Å². The smallest absolute Gasteiger partial charge is 0.360 e. The van der Waals surface area contributed by atoms with Gasteiger partial charge >= 0.3 is 5.97 Å². The minimum Gasteiger partial charge on any atom is -0.464 e. The Morgan fingerprint density at radius 2 is 2.00 bits per heavy atom. The summed E-state index contributed by atoms with van der Waals surface area (Å²) in [5.74, 6) is 0.413. The quantitative estimate of drug-likeness (QED) is 0.799. The van der Waals surface area contributed by atoms with Crippen LogP contribution in [0, 0.1) is 0 Å². The molecule has 1 aromatic heterocycles. The van der Waals surface area contributed by atoms with E-state index in [4.69, 9.17) is 10.5 Å². The summed E-state index contributed by atoms with van der Waals surface area (Å²) in [5, 5.41) is 0. The van der Waals surface area contributed by atoms with Crippen molar-refractivity contribution in [3.63, 3.8) is 0 Å². The number of carbonyl (C=O) groups is 1. The van der Waals surface area contributed by atoms with Gasteiger partial charge in [0.25, 0.3) is 0 Å². The van der Waals surface area contributed by atoms with Crippen LogP contribution in [0.15, 0.2) is 27.1 Å². The van der Waals surface area contributed by atoms with Gasteiger partial charge in [0.05, 0.1) is 12.8 Å². The molecule has 0 amide bonds. The lowest BCUT2D eigenvalue weighted by atomic mass is 10.3. The molecule has 0 aliphatic carbocycles. The summed E-state index contributed by atoms with van der Waals surface area (Å²) in [5.41, 5.74) is 7.03. The molecule has 0 aliphatic rings. The van der Waals surface area contributed by atoms with Crippen LogP contribution in [-0.2, 0) is 11.2 Å². The number of rotatable bonds is 3. The average molecular weight is 403 g/mol. The Morgan fingerprint density at radius 1 is 1.40 bits per heavy atom. The second-order valence-corrected chi connectivity index (χ2v) is 5.72. The third-order valence-corrected chi connectivity index (χ3v) is 4.12. The van der Waals surface area contributed by atoms with Crippen molar-refractivity contribution in [2.75, 3.05) is 12.8 Å². The van der Waals surface area contributed by atoms with Crippen molar-refractivity contribution >= 4 is 43.6 Å². The van der Waals surface area contributed by atoms with Gasteiger partial charge in [0, 0.05) is 15.4 Å². The number of carbonyl (C=O) groups excluding carboxylic acids is 1. The zero-order valence-corrected chi connectivity index (χ0v) is 14.2. The number of nitrogens with two attached hydrogens (primary N) is 1. The van der Waals surface area contributed by atoms with Gasteiger partial charge in [-0.05, 0) is 44.0 Å². The van der Waals surface area contributed by atoms with Gasteiger partial charge in [-0.25, -0.2) is 9.78 Å². The Kier molecular flexibility index (Phi) is 4.49. The van der Waals surface area contributed by atoms with Crippen LogP contribution in [0.3, 0.4) is 0 Å². The topological polar surface area (TPSA) is 70.1 Å². The Bertz CT molecular complexity index is 648. The Balaban J connectivity index is 2.74. The first-order chi connectivity index (χ1) is 9.51. The van der Waals surface area contributed by atoms with E-state index in [0.29, 0.717) is 12.2 Å². The number of benzene rings is 1. The van der Waals surface area contributed by atoms with Crippen molar-refractivity contribution in [2.24, 2.45) is 0 Å². The molecule has 20 heavy (non-hydrogen) atoms. The number of imidazole rings is 1. The fourth-order valence-corrected chi connectivity index (χ4v) is 3.27. The van der Waals surface area contributed by atoms with Gasteiger partial charge in [-0.3, -0.25) is 4.57 Å². The van der Waals surface area contributed by atoms with Crippen LogP contribution in [0.25, 0.3) is 5.69 Å². The molecule has 0 spiro atoms. The first kappa shape index (κ1) is 15.1. The van der Waals surface area contributed by atoms with Gasteiger partial charge < -0.3 is 10.5 Å². The molecule has 2 N–H and O–H groups in total. The normalized spacial score (nSPS) is 10.6. The zero-order valence-electron chi connectivity index (χ0n) is 11.0. The van der Waals surface area contributed by atoms with Crippen molar-refractivity contribution in [2.45, 2.75) is 13.3 Å². The summed E-state index contributed by atoms with van der Waals surface area (Å²) < 4.78 is 8.16. The summed E-state index contributed by atoms with van der Waals surface area (Å²) in [6.07, 6.45) is 0.634. The van der Waals surface area contributed by atoms with Gasteiger partial charge in [-0.1, -0.05) is 13.0 Å². The molecule has 0 atom stereocenters. The molecule has 0 saturated carbocycles. The lowest BCUT2D eigenvalue weighted by molar-refractivity contribution is 0.0596. The van der Waals surface area contributed by atoms with Crippen LogP contribution in [0.4, 0.5) is 5.82 Å². The number of aryl methyl sites for hydroxylation is 1. The highest BCUT2D eigenvalue weighted by atomic mass is 79.9. The lowest BCUT2D eigenvalue weighted by Gasteiger charge is -2.13. The predicted octanol–water partition coefficient (Wildman–Crippen LogP) is 3.33. The molecule has 1 aromatic carbocycles. The highest BCUT2D eigenvalue weighted by Gasteiger charge is 2.23. The van der Waals surface area contributed by atoms with Gasteiger partial charge in [-0.2, -0.15) is 0 Å². The van der Waals surface area contributed by atoms with Crippen molar-refractivity contribution in [3.05, 3.63) is 38.7 Å². The molecular formula is C13H13Br2N3O2. The van der Waals surface area contributed by atoms with Gasteiger partial charge in [-0.15, -0.1) is 0 Å². The molecule has 2 rings (SSSR count). The second-order valence-electron chi connectivity index (χ2n) is 4.01. The Hall–Kier alpha value is -1.34. The highest BCUT2D eigenvalue weighted by Crippen LogP contribution is 2.33. The molecule has 0 radical (unpaired) electrons. The standard InChI is InChI=1S/C13H13Br2N3O2/c1-3-9-17-10(13(19)20-2)12(16)18(9)11-7(14)5-4-6-8(11)15/h4-6H,3,16H2,1-2H3. The number of hydrogen-bond donors (Lipinski definition) is 1. The molecule has 2 aromatic rings. The van der Waals surface area contributed by atoms with Gasteiger partial charge in [0.15, 0.2) is 5.69 Å². The fourth-order valence-electron chi connectivity index (χ4n) is 1.92. The summed E-state index contributed by atoms with van der Waals surface area (Å²) in [6.45, 7) is 1.95. The fraction of sp³-hybridized carbons (Fsp3) is 0.231. The van der Waals surface area contributed by atoms with Gasteiger partial charge in [0.1, 0.15) is 11.6 Å². The molecule has 0 bridgehead atoms. The maximum Gasteiger partial charge on any atom is 0.360 e. The number of ether oxygens (including phenoxy) is 1. The number of esters is 1. The van der Waals surface area contributed by atoms with Crippen LogP contribution in [0.1, 0.15) is 23.2 Å². The number of aromatic nitrogens is 2. The summed E-state index contributed by atoms with van der Waals surface area (Å²) >= 11 is 6.99. The van der Waals surface area contributed by atoms with Crippen molar-refractivity contribution in [1.29, 1.82) is 0 Å². The Morgan fingerprint density at radius 3 is 2.50 bits per heavy atom. The maximum atomic E-state index is 11.7. The Labute approximate surface area is 133 Å². The monoisotopic (exact) mass is 401 g/mol. The number of nitrogens with zero attached hydrogens (tertiary/aromatic N) is 2. The number of hydrogen-bond acceptors (Lipinski definition) is 4. The number of nitrogen functional groups attached to an aromatic ring is 1. The third kappa shape index (κ3) is 2.47. The van der Waals surface area contributed by atoms with E-state index < -0.39 is 5.97 Å².